The van der Waals surface area contributed by atoms with E-state index < -0.39 is 0 Å². The van der Waals surface area contributed by atoms with Crippen molar-refractivity contribution in [3.8, 4) is 11.5 Å². The van der Waals surface area contributed by atoms with Crippen molar-refractivity contribution in [2.45, 2.75) is 33.2 Å². The van der Waals surface area contributed by atoms with Gasteiger partial charge in [0, 0.05) is 11.1 Å². The van der Waals surface area contributed by atoms with Crippen molar-refractivity contribution in [3.63, 3.8) is 0 Å². The van der Waals surface area contributed by atoms with Gasteiger partial charge in [-0.05, 0) is 68.3 Å². The molecule has 2 nitrogen and oxygen atoms in total. The number of hydrogen-bond acceptors (Lipinski definition) is 2. The molecular weight excluding hydrogens is 282 g/mol. The zero-order valence-electron chi connectivity index (χ0n) is 13.0. The summed E-state index contributed by atoms with van der Waals surface area (Å²) >= 11 is 6.19. The van der Waals surface area contributed by atoms with Gasteiger partial charge in [0.2, 0.25) is 0 Å². The molecule has 0 radical (unpaired) electrons. The third-order valence-corrected chi connectivity index (χ3v) is 4.26. The molecule has 0 aliphatic heterocycles. The van der Waals surface area contributed by atoms with Gasteiger partial charge in [-0.15, -0.1) is 0 Å². The zero-order valence-corrected chi connectivity index (χ0v) is 13.8. The van der Waals surface area contributed by atoms with E-state index >= 15 is 0 Å². The average Bonchev–Trinajstić information content (AvgIpc) is 2.46. The zero-order chi connectivity index (χ0) is 15.4. The minimum atomic E-state index is 0.349. The Hall–Kier alpha value is -1.51. The maximum atomic E-state index is 6.19. The Bertz CT molecular complexity index is 597. The molecule has 1 N–H and O–H groups in total. The highest BCUT2D eigenvalue weighted by Crippen LogP contribution is 2.30. The molecule has 0 saturated carbocycles. The van der Waals surface area contributed by atoms with Crippen LogP contribution in [0.4, 0.5) is 0 Å². The van der Waals surface area contributed by atoms with Gasteiger partial charge < -0.3 is 10.1 Å². The number of aryl methyl sites for hydroxylation is 2. The van der Waals surface area contributed by atoms with Gasteiger partial charge in [-0.3, -0.25) is 0 Å². The summed E-state index contributed by atoms with van der Waals surface area (Å²) in [6.45, 7) is 6.15. The topological polar surface area (TPSA) is 21.3 Å². The fourth-order valence-corrected chi connectivity index (χ4v) is 2.61. The lowest BCUT2D eigenvalue weighted by molar-refractivity contribution is 0.478. The molecule has 0 amide bonds. The molecule has 0 aliphatic rings. The molecule has 0 aliphatic carbocycles. The number of hydrogen-bond donors (Lipinski definition) is 1. The van der Waals surface area contributed by atoms with E-state index in [9.17, 15) is 0 Å². The Morgan fingerprint density at radius 1 is 1.10 bits per heavy atom. The first-order valence-electron chi connectivity index (χ1n) is 7.27. The Balaban J connectivity index is 2.26. The second kappa shape index (κ2) is 6.97. The molecular formula is C18H22ClNO. The largest absolute Gasteiger partial charge is 0.457 e. The number of rotatable bonds is 5. The standard InChI is InChI=1S/C18H22ClNO/c1-5-17(20-4)14-7-6-8-15(11-14)21-16-9-12(2)18(19)13(3)10-16/h6-11,17,20H,5H2,1-4H3. The summed E-state index contributed by atoms with van der Waals surface area (Å²) in [7, 11) is 1.98. The van der Waals surface area contributed by atoms with E-state index in [0.717, 1.165) is 34.1 Å². The number of halogens is 1. The first kappa shape index (κ1) is 15.9. The van der Waals surface area contributed by atoms with Gasteiger partial charge in [0.25, 0.3) is 0 Å². The highest BCUT2D eigenvalue weighted by Gasteiger charge is 2.09. The summed E-state index contributed by atoms with van der Waals surface area (Å²) in [5.41, 5.74) is 3.30. The van der Waals surface area contributed by atoms with Gasteiger partial charge in [0.1, 0.15) is 11.5 Å². The Kier molecular flexibility index (Phi) is 5.27. The summed E-state index contributed by atoms with van der Waals surface area (Å²) in [5, 5.41) is 4.11. The van der Waals surface area contributed by atoms with Crippen LogP contribution < -0.4 is 10.1 Å². The maximum absolute atomic E-state index is 6.19. The lowest BCUT2D eigenvalue weighted by Gasteiger charge is -2.16. The van der Waals surface area contributed by atoms with Crippen LogP contribution in [0.1, 0.15) is 36.1 Å². The molecule has 0 heterocycles. The predicted octanol–water partition coefficient (Wildman–Crippen LogP) is 5.42. The molecule has 1 atom stereocenters. The first-order valence-corrected chi connectivity index (χ1v) is 7.64. The summed E-state index contributed by atoms with van der Waals surface area (Å²) in [6, 6.07) is 12.5. The molecule has 0 bridgehead atoms. The predicted molar refractivity (Wildman–Crippen MR) is 89.5 cm³/mol. The van der Waals surface area contributed by atoms with Crippen LogP contribution in [-0.4, -0.2) is 7.05 Å². The van der Waals surface area contributed by atoms with E-state index in [1.54, 1.807) is 0 Å². The monoisotopic (exact) mass is 303 g/mol. The Morgan fingerprint density at radius 2 is 1.76 bits per heavy atom. The molecule has 1 unspecified atom stereocenters. The Morgan fingerprint density at radius 3 is 2.33 bits per heavy atom. The van der Waals surface area contributed by atoms with Gasteiger partial charge in [-0.1, -0.05) is 30.7 Å². The van der Waals surface area contributed by atoms with Crippen molar-refractivity contribution in [1.82, 2.24) is 5.32 Å². The normalized spacial score (nSPS) is 12.2. The number of nitrogens with one attached hydrogen (secondary N) is 1. The average molecular weight is 304 g/mol. The highest BCUT2D eigenvalue weighted by atomic mass is 35.5. The van der Waals surface area contributed by atoms with Crippen LogP contribution in [0.2, 0.25) is 5.02 Å². The molecule has 0 spiro atoms. The fraction of sp³-hybridized carbons (Fsp3) is 0.333. The second-order valence-corrected chi connectivity index (χ2v) is 5.67. The van der Waals surface area contributed by atoms with Crippen LogP contribution in [-0.2, 0) is 0 Å². The minimum Gasteiger partial charge on any atom is -0.457 e. The lowest BCUT2D eigenvalue weighted by atomic mass is 10.0. The molecule has 2 aromatic rings. The van der Waals surface area contributed by atoms with E-state index in [1.165, 1.54) is 5.56 Å². The lowest BCUT2D eigenvalue weighted by Crippen LogP contribution is -2.14. The van der Waals surface area contributed by atoms with Crippen molar-refractivity contribution in [2.75, 3.05) is 7.05 Å². The van der Waals surface area contributed by atoms with Crippen molar-refractivity contribution in [3.05, 3.63) is 58.1 Å². The summed E-state index contributed by atoms with van der Waals surface area (Å²) < 4.78 is 5.99. The van der Waals surface area contributed by atoms with E-state index in [-0.39, 0.29) is 0 Å². The third kappa shape index (κ3) is 3.78. The molecule has 2 rings (SSSR count). The second-order valence-electron chi connectivity index (χ2n) is 5.30. The highest BCUT2D eigenvalue weighted by molar-refractivity contribution is 6.32. The van der Waals surface area contributed by atoms with Crippen molar-refractivity contribution in [1.29, 1.82) is 0 Å². The van der Waals surface area contributed by atoms with Gasteiger partial charge >= 0.3 is 0 Å². The fourth-order valence-electron chi connectivity index (χ4n) is 2.50. The summed E-state index contributed by atoms with van der Waals surface area (Å²) in [6.07, 6.45) is 1.04. The Labute approximate surface area is 132 Å². The smallest absolute Gasteiger partial charge is 0.128 e. The number of benzene rings is 2. The van der Waals surface area contributed by atoms with E-state index in [1.807, 2.05) is 45.2 Å². The maximum Gasteiger partial charge on any atom is 0.128 e. The molecule has 0 fully saturated rings. The van der Waals surface area contributed by atoms with Crippen molar-refractivity contribution >= 4 is 11.6 Å². The van der Waals surface area contributed by atoms with Crippen LogP contribution >= 0.6 is 11.6 Å². The minimum absolute atomic E-state index is 0.349. The van der Waals surface area contributed by atoms with Gasteiger partial charge in [-0.2, -0.15) is 0 Å². The van der Waals surface area contributed by atoms with Gasteiger partial charge in [0.05, 0.1) is 0 Å². The van der Waals surface area contributed by atoms with E-state index in [0.29, 0.717) is 6.04 Å². The van der Waals surface area contributed by atoms with Crippen molar-refractivity contribution in [2.24, 2.45) is 0 Å². The molecule has 2 aromatic carbocycles. The molecule has 0 saturated heterocycles. The van der Waals surface area contributed by atoms with E-state index in [4.69, 9.17) is 16.3 Å². The number of ether oxygens (including phenoxy) is 1. The SMILES string of the molecule is CCC(NC)c1cccc(Oc2cc(C)c(Cl)c(C)c2)c1. The van der Waals surface area contributed by atoms with Gasteiger partial charge in [-0.25, -0.2) is 0 Å². The van der Waals surface area contributed by atoms with Crippen LogP contribution in [0, 0.1) is 13.8 Å². The van der Waals surface area contributed by atoms with Crippen molar-refractivity contribution < 1.29 is 4.74 Å². The third-order valence-electron chi connectivity index (χ3n) is 3.66. The molecule has 112 valence electrons. The summed E-state index contributed by atoms with van der Waals surface area (Å²) in [5.74, 6) is 1.67. The molecule has 3 heteroatoms. The van der Waals surface area contributed by atoms with Crippen LogP contribution in [0.3, 0.4) is 0 Å². The van der Waals surface area contributed by atoms with E-state index in [2.05, 4.69) is 24.4 Å². The van der Waals surface area contributed by atoms with Crippen LogP contribution in [0.15, 0.2) is 36.4 Å². The molecule has 21 heavy (non-hydrogen) atoms. The first-order chi connectivity index (χ1) is 10.0. The van der Waals surface area contributed by atoms with Gasteiger partial charge in [0.15, 0.2) is 0 Å². The van der Waals surface area contributed by atoms with Crippen LogP contribution in [0.5, 0.6) is 11.5 Å². The van der Waals surface area contributed by atoms with Crippen LogP contribution in [0.25, 0.3) is 0 Å². The quantitative estimate of drug-likeness (QED) is 0.796. The summed E-state index contributed by atoms with van der Waals surface area (Å²) in [4.78, 5) is 0. The molecule has 0 aromatic heterocycles.